The number of aliphatic carboxylic acids is 2. The summed E-state index contributed by atoms with van der Waals surface area (Å²) < 4.78 is 12.2. The molecule has 0 amide bonds. The molecule has 0 aliphatic heterocycles. The summed E-state index contributed by atoms with van der Waals surface area (Å²) in [4.78, 5) is 32.8. The average molecular weight is 404 g/mol. The Morgan fingerprint density at radius 1 is 1.04 bits per heavy atom. The number of carboxylic acids is 2. The Hall–Kier alpha value is -2.76. The van der Waals surface area contributed by atoms with Crippen LogP contribution in [0.1, 0.15) is 30.0 Å². The third-order valence-electron chi connectivity index (χ3n) is 4.53. The number of hydrogen-bond donors (Lipinski definition) is 4. The molecule has 0 radical (unpaired) electrons. The zero-order valence-electron chi connectivity index (χ0n) is 15.4. The first kappa shape index (κ1) is 21.5. The Labute approximate surface area is 163 Å². The van der Waals surface area contributed by atoms with Crippen molar-refractivity contribution in [2.24, 2.45) is 5.92 Å². The number of aryl methyl sites for hydroxylation is 1. The highest BCUT2D eigenvalue weighted by Crippen LogP contribution is 2.42. The van der Waals surface area contributed by atoms with Crippen molar-refractivity contribution in [2.75, 3.05) is 5.32 Å². The quantitative estimate of drug-likeness (QED) is 0.444. The molecule has 0 aliphatic carbocycles. The standard InChI is InChI=1S/C20H22NO6P/c1-13-7-9-15(10-8-13)21-18(14-5-3-2-4-6-14)19(28(26)27)16(20(24)25)11-12-17(22)23/h2-10,16,18-19,21H,11-12H2,1H3,(H2-,22,23,24,25,26,27)/p+1. The van der Waals surface area contributed by atoms with E-state index in [1.807, 2.05) is 19.1 Å². The van der Waals surface area contributed by atoms with Crippen LogP contribution < -0.4 is 5.32 Å². The molecule has 4 unspecified atom stereocenters. The molecule has 2 aromatic carbocycles. The third kappa shape index (κ3) is 5.87. The molecule has 0 fully saturated rings. The van der Waals surface area contributed by atoms with Crippen molar-refractivity contribution >= 4 is 25.7 Å². The number of carboxylic acid groups (broad SMARTS) is 2. The van der Waals surface area contributed by atoms with Crippen molar-refractivity contribution in [3.63, 3.8) is 0 Å². The van der Waals surface area contributed by atoms with Gasteiger partial charge < -0.3 is 15.5 Å². The molecule has 4 atom stereocenters. The first-order valence-electron chi connectivity index (χ1n) is 8.77. The minimum atomic E-state index is -2.92. The average Bonchev–Trinajstić information content (AvgIpc) is 2.65. The topological polar surface area (TPSA) is 124 Å². The Balaban J connectivity index is 2.46. The molecular formula is C20H23NO6P+. The van der Waals surface area contributed by atoms with Crippen molar-refractivity contribution in [3.05, 3.63) is 65.7 Å². The van der Waals surface area contributed by atoms with Crippen molar-refractivity contribution in [2.45, 2.75) is 31.5 Å². The molecule has 28 heavy (non-hydrogen) atoms. The van der Waals surface area contributed by atoms with Crippen LogP contribution in [0.4, 0.5) is 5.69 Å². The molecule has 0 saturated heterocycles. The molecule has 0 saturated carbocycles. The Morgan fingerprint density at radius 3 is 2.14 bits per heavy atom. The molecular weight excluding hydrogens is 381 g/mol. The van der Waals surface area contributed by atoms with E-state index in [9.17, 15) is 24.2 Å². The zero-order valence-corrected chi connectivity index (χ0v) is 16.3. The van der Waals surface area contributed by atoms with E-state index in [4.69, 9.17) is 5.11 Å². The van der Waals surface area contributed by atoms with Crippen molar-refractivity contribution in [1.82, 2.24) is 0 Å². The number of rotatable bonds is 10. The second-order valence-electron chi connectivity index (χ2n) is 6.57. The lowest BCUT2D eigenvalue weighted by atomic mass is 9.90. The van der Waals surface area contributed by atoms with E-state index >= 15 is 0 Å². The minimum absolute atomic E-state index is 0.240. The largest absolute Gasteiger partial charge is 0.512 e. The maximum atomic E-state index is 12.2. The summed E-state index contributed by atoms with van der Waals surface area (Å²) in [6, 6.07) is 15.4. The number of nitrogens with one attached hydrogen (secondary N) is 1. The number of benzene rings is 2. The smallest absolute Gasteiger partial charge is 0.481 e. The molecule has 0 spiro atoms. The summed E-state index contributed by atoms with van der Waals surface area (Å²) in [7, 11) is -2.92. The first-order chi connectivity index (χ1) is 13.3. The fraction of sp³-hybridized carbons (Fsp3) is 0.300. The summed E-state index contributed by atoms with van der Waals surface area (Å²) in [6.45, 7) is 1.93. The lowest BCUT2D eigenvalue weighted by Crippen LogP contribution is -2.35. The van der Waals surface area contributed by atoms with Crippen LogP contribution in [0.15, 0.2) is 54.6 Å². The second kappa shape index (κ2) is 9.97. The van der Waals surface area contributed by atoms with Gasteiger partial charge in [-0.15, -0.1) is 0 Å². The molecule has 0 aliphatic rings. The summed E-state index contributed by atoms with van der Waals surface area (Å²) in [5.41, 5.74) is 1.14. The van der Waals surface area contributed by atoms with Crippen LogP contribution in [0.5, 0.6) is 0 Å². The minimum Gasteiger partial charge on any atom is -0.481 e. The van der Waals surface area contributed by atoms with Gasteiger partial charge in [0.2, 0.25) is 5.66 Å². The lowest BCUT2D eigenvalue weighted by Gasteiger charge is -2.25. The Kier molecular flexibility index (Phi) is 7.67. The van der Waals surface area contributed by atoms with Gasteiger partial charge in [0.25, 0.3) is 0 Å². The lowest BCUT2D eigenvalue weighted by molar-refractivity contribution is -0.143. The maximum Gasteiger partial charge on any atom is 0.512 e. The van der Waals surface area contributed by atoms with E-state index in [-0.39, 0.29) is 6.42 Å². The Bertz CT molecular complexity index is 824. The molecule has 0 aromatic heterocycles. The molecule has 8 heteroatoms. The predicted octanol–water partition coefficient (Wildman–Crippen LogP) is 3.82. The fourth-order valence-corrected chi connectivity index (χ4v) is 4.17. The van der Waals surface area contributed by atoms with Gasteiger partial charge in [-0.25, -0.2) is 0 Å². The van der Waals surface area contributed by atoms with Crippen molar-refractivity contribution in [3.8, 4) is 0 Å². The molecule has 2 aromatic rings. The van der Waals surface area contributed by atoms with E-state index in [2.05, 4.69) is 5.32 Å². The van der Waals surface area contributed by atoms with E-state index in [1.54, 1.807) is 42.5 Å². The molecule has 0 bridgehead atoms. The number of anilines is 1. The van der Waals surface area contributed by atoms with Crippen LogP contribution in [0.3, 0.4) is 0 Å². The van der Waals surface area contributed by atoms with Crippen molar-refractivity contribution < 1.29 is 29.3 Å². The van der Waals surface area contributed by atoms with Crippen LogP contribution in [0, 0.1) is 12.8 Å². The van der Waals surface area contributed by atoms with Crippen LogP contribution in [0.2, 0.25) is 0 Å². The van der Waals surface area contributed by atoms with Crippen LogP contribution in [0.25, 0.3) is 0 Å². The van der Waals surface area contributed by atoms with E-state index in [0.717, 1.165) is 5.56 Å². The molecule has 148 valence electrons. The van der Waals surface area contributed by atoms with Gasteiger partial charge in [-0.2, -0.15) is 4.89 Å². The maximum absolute atomic E-state index is 12.2. The van der Waals surface area contributed by atoms with Crippen LogP contribution in [-0.2, 0) is 14.2 Å². The molecule has 2 rings (SSSR count). The van der Waals surface area contributed by atoms with Gasteiger partial charge >= 0.3 is 20.0 Å². The fourth-order valence-electron chi connectivity index (χ4n) is 3.09. The normalized spacial score (nSPS) is 14.6. The summed E-state index contributed by atoms with van der Waals surface area (Å²) >= 11 is 0. The summed E-state index contributed by atoms with van der Waals surface area (Å²) in [6.07, 6.45) is -0.640. The highest BCUT2D eigenvalue weighted by Gasteiger charge is 2.48. The Morgan fingerprint density at radius 2 is 1.64 bits per heavy atom. The highest BCUT2D eigenvalue weighted by atomic mass is 31.1. The third-order valence-corrected chi connectivity index (χ3v) is 5.70. The zero-order chi connectivity index (χ0) is 20.7. The molecule has 0 heterocycles. The van der Waals surface area contributed by atoms with Gasteiger partial charge in [-0.05, 0) is 35.6 Å². The van der Waals surface area contributed by atoms with Crippen LogP contribution >= 0.6 is 8.03 Å². The number of hydrogen-bond acceptors (Lipinski definition) is 4. The first-order valence-corrected chi connectivity index (χ1v) is 10.1. The van der Waals surface area contributed by atoms with Gasteiger partial charge in [-0.1, -0.05) is 48.0 Å². The van der Waals surface area contributed by atoms with Gasteiger partial charge in [-0.3, -0.25) is 9.59 Å². The summed E-state index contributed by atoms with van der Waals surface area (Å²) in [5.74, 6) is -3.75. The van der Waals surface area contributed by atoms with Gasteiger partial charge in [0.15, 0.2) is 0 Å². The van der Waals surface area contributed by atoms with E-state index in [1.165, 1.54) is 0 Å². The van der Waals surface area contributed by atoms with Crippen molar-refractivity contribution in [1.29, 1.82) is 0 Å². The molecule has 7 nitrogen and oxygen atoms in total. The highest BCUT2D eigenvalue weighted by molar-refractivity contribution is 7.39. The van der Waals surface area contributed by atoms with Gasteiger partial charge in [0.1, 0.15) is 12.0 Å². The predicted molar refractivity (Wildman–Crippen MR) is 106 cm³/mol. The van der Waals surface area contributed by atoms with E-state index < -0.39 is 44.0 Å². The van der Waals surface area contributed by atoms with Gasteiger partial charge in [0.05, 0.1) is 0 Å². The molecule has 4 N–H and O–H groups in total. The van der Waals surface area contributed by atoms with Crippen LogP contribution in [-0.4, -0.2) is 32.7 Å². The SMILES string of the molecule is Cc1ccc(NC(c2ccccc2)C(C(CCC(=O)O)C(=O)O)[P+](=O)O)cc1. The summed E-state index contributed by atoms with van der Waals surface area (Å²) in [5, 5.41) is 21.8. The van der Waals surface area contributed by atoms with E-state index in [0.29, 0.717) is 11.3 Å². The number of carbonyl (C=O) groups is 2. The van der Waals surface area contributed by atoms with Gasteiger partial charge in [0, 0.05) is 12.1 Å². The second-order valence-corrected chi connectivity index (χ2v) is 7.77. The monoisotopic (exact) mass is 404 g/mol.